The first kappa shape index (κ1) is 17.4. The zero-order valence-electron chi connectivity index (χ0n) is 13.3. The molecule has 132 valence electrons. The van der Waals surface area contributed by atoms with Gasteiger partial charge in [0, 0.05) is 6.54 Å². The fourth-order valence-electron chi connectivity index (χ4n) is 2.55. The molecule has 1 atom stereocenters. The molecule has 25 heavy (non-hydrogen) atoms. The van der Waals surface area contributed by atoms with Crippen molar-refractivity contribution in [2.24, 2.45) is 0 Å². The van der Waals surface area contributed by atoms with Gasteiger partial charge in [-0.2, -0.15) is 0 Å². The highest BCUT2D eigenvalue weighted by Crippen LogP contribution is 2.22. The SMILES string of the molecule is O=C1OC(CNS(=O)(=O)Cc2ccccc2)CN1c1cccc(F)c1. The van der Waals surface area contributed by atoms with Gasteiger partial charge < -0.3 is 4.74 Å². The van der Waals surface area contributed by atoms with Crippen LogP contribution in [-0.2, 0) is 20.5 Å². The van der Waals surface area contributed by atoms with Crippen molar-refractivity contribution in [3.8, 4) is 0 Å². The van der Waals surface area contributed by atoms with E-state index < -0.39 is 28.0 Å². The van der Waals surface area contributed by atoms with E-state index in [1.165, 1.54) is 23.1 Å². The Morgan fingerprint density at radius 2 is 1.92 bits per heavy atom. The Bertz CT molecular complexity index is 858. The molecule has 2 aromatic carbocycles. The third-order valence-corrected chi connectivity index (χ3v) is 5.04. The van der Waals surface area contributed by atoms with Crippen molar-refractivity contribution < 1.29 is 22.3 Å². The second kappa shape index (κ2) is 7.20. The van der Waals surface area contributed by atoms with Crippen LogP contribution in [0.5, 0.6) is 0 Å². The van der Waals surface area contributed by atoms with E-state index in [2.05, 4.69) is 4.72 Å². The maximum atomic E-state index is 13.3. The first-order valence-corrected chi connectivity index (χ1v) is 9.33. The molecule has 2 aromatic rings. The van der Waals surface area contributed by atoms with Gasteiger partial charge in [-0.05, 0) is 23.8 Å². The molecule has 1 saturated heterocycles. The van der Waals surface area contributed by atoms with Crippen LogP contribution in [-0.4, -0.2) is 33.7 Å². The minimum Gasteiger partial charge on any atom is -0.443 e. The molecule has 8 heteroatoms. The number of nitrogens with one attached hydrogen (secondary N) is 1. The second-order valence-electron chi connectivity index (χ2n) is 5.69. The minimum atomic E-state index is -3.55. The first-order chi connectivity index (χ1) is 11.9. The summed E-state index contributed by atoms with van der Waals surface area (Å²) in [4.78, 5) is 13.2. The lowest BCUT2D eigenvalue weighted by atomic mass is 10.2. The Morgan fingerprint density at radius 1 is 1.16 bits per heavy atom. The number of carbonyl (C=O) groups excluding carboxylic acids is 1. The monoisotopic (exact) mass is 364 g/mol. The average Bonchev–Trinajstić information content (AvgIpc) is 2.95. The number of anilines is 1. The van der Waals surface area contributed by atoms with E-state index in [0.29, 0.717) is 11.3 Å². The maximum Gasteiger partial charge on any atom is 0.414 e. The second-order valence-corrected chi connectivity index (χ2v) is 7.50. The zero-order valence-corrected chi connectivity index (χ0v) is 14.1. The van der Waals surface area contributed by atoms with Crippen LogP contribution in [0, 0.1) is 5.82 Å². The normalized spacial score (nSPS) is 17.6. The van der Waals surface area contributed by atoms with E-state index >= 15 is 0 Å². The van der Waals surface area contributed by atoms with Crippen LogP contribution >= 0.6 is 0 Å². The van der Waals surface area contributed by atoms with Gasteiger partial charge in [-0.25, -0.2) is 22.3 Å². The van der Waals surface area contributed by atoms with Gasteiger partial charge in [-0.3, -0.25) is 4.90 Å². The molecule has 6 nitrogen and oxygen atoms in total. The van der Waals surface area contributed by atoms with Crippen molar-refractivity contribution in [1.29, 1.82) is 0 Å². The van der Waals surface area contributed by atoms with Crippen LogP contribution in [0.25, 0.3) is 0 Å². The highest BCUT2D eigenvalue weighted by Gasteiger charge is 2.33. The molecule has 0 aliphatic carbocycles. The Hall–Kier alpha value is -2.45. The lowest BCUT2D eigenvalue weighted by molar-refractivity contribution is 0.143. The number of hydrogen-bond donors (Lipinski definition) is 1. The third-order valence-electron chi connectivity index (χ3n) is 3.72. The van der Waals surface area contributed by atoms with Gasteiger partial charge in [0.1, 0.15) is 11.9 Å². The van der Waals surface area contributed by atoms with Crippen LogP contribution in [0.4, 0.5) is 14.9 Å². The number of cyclic esters (lactones) is 1. The molecule has 1 N–H and O–H groups in total. The van der Waals surface area contributed by atoms with Crippen LogP contribution in [0.3, 0.4) is 0 Å². The average molecular weight is 364 g/mol. The number of carbonyl (C=O) groups is 1. The summed E-state index contributed by atoms with van der Waals surface area (Å²) in [6.07, 6.45) is -1.26. The molecule has 1 amide bonds. The van der Waals surface area contributed by atoms with Crippen molar-refractivity contribution in [2.45, 2.75) is 11.9 Å². The Labute approximate surface area is 145 Å². The molecule has 1 aliphatic rings. The van der Waals surface area contributed by atoms with Crippen molar-refractivity contribution in [3.63, 3.8) is 0 Å². The summed E-state index contributed by atoms with van der Waals surface area (Å²) in [5.74, 6) is -0.611. The summed E-state index contributed by atoms with van der Waals surface area (Å²) in [7, 11) is -3.55. The number of benzene rings is 2. The predicted molar refractivity (Wildman–Crippen MR) is 91.1 cm³/mol. The Balaban J connectivity index is 1.58. The highest BCUT2D eigenvalue weighted by atomic mass is 32.2. The van der Waals surface area contributed by atoms with Gasteiger partial charge in [0.15, 0.2) is 0 Å². The Kier molecular flexibility index (Phi) is 5.00. The fourth-order valence-corrected chi connectivity index (χ4v) is 3.72. The molecule has 0 saturated carbocycles. The van der Waals surface area contributed by atoms with Crippen LogP contribution in [0.1, 0.15) is 5.56 Å². The largest absolute Gasteiger partial charge is 0.443 e. The van der Waals surface area contributed by atoms with Gasteiger partial charge >= 0.3 is 6.09 Å². The third kappa shape index (κ3) is 4.55. The van der Waals surface area contributed by atoms with E-state index in [1.807, 2.05) is 6.07 Å². The molecule has 0 aromatic heterocycles. The predicted octanol–water partition coefficient (Wildman–Crippen LogP) is 2.27. The highest BCUT2D eigenvalue weighted by molar-refractivity contribution is 7.88. The summed E-state index contributed by atoms with van der Waals surface area (Å²) < 4.78 is 45.1. The van der Waals surface area contributed by atoms with Crippen molar-refractivity contribution >= 4 is 21.8 Å². The lowest BCUT2D eigenvalue weighted by Crippen LogP contribution is -2.35. The number of ether oxygens (including phenoxy) is 1. The number of hydrogen-bond acceptors (Lipinski definition) is 4. The number of halogens is 1. The van der Waals surface area contributed by atoms with E-state index in [-0.39, 0.29) is 18.8 Å². The Morgan fingerprint density at radius 3 is 2.64 bits per heavy atom. The first-order valence-electron chi connectivity index (χ1n) is 7.68. The molecule has 0 spiro atoms. The number of nitrogens with zero attached hydrogens (tertiary/aromatic N) is 1. The summed E-state index contributed by atoms with van der Waals surface area (Å²) in [5, 5.41) is 0. The molecule has 1 heterocycles. The van der Waals surface area contributed by atoms with E-state index in [1.54, 1.807) is 30.3 Å². The molecule has 1 aliphatic heterocycles. The van der Waals surface area contributed by atoms with Gasteiger partial charge in [-0.15, -0.1) is 0 Å². The molecular weight excluding hydrogens is 347 g/mol. The zero-order chi connectivity index (χ0) is 17.9. The van der Waals surface area contributed by atoms with Crippen LogP contribution < -0.4 is 9.62 Å². The number of amides is 1. The fraction of sp³-hybridized carbons (Fsp3) is 0.235. The molecular formula is C17H17FN2O4S. The lowest BCUT2D eigenvalue weighted by Gasteiger charge is -2.13. The van der Waals surface area contributed by atoms with Gasteiger partial charge in [0.2, 0.25) is 10.0 Å². The topological polar surface area (TPSA) is 75.7 Å². The smallest absolute Gasteiger partial charge is 0.414 e. The van der Waals surface area contributed by atoms with Gasteiger partial charge in [0.25, 0.3) is 0 Å². The maximum absolute atomic E-state index is 13.3. The standard InChI is InChI=1S/C17H17FN2O4S/c18-14-7-4-8-15(9-14)20-11-16(24-17(20)21)10-19-25(22,23)12-13-5-2-1-3-6-13/h1-9,16,19H,10-12H2. The quantitative estimate of drug-likeness (QED) is 0.853. The van der Waals surface area contributed by atoms with Crippen molar-refractivity contribution in [2.75, 3.05) is 18.0 Å². The number of sulfonamides is 1. The summed E-state index contributed by atoms with van der Waals surface area (Å²) in [6, 6.07) is 14.4. The van der Waals surface area contributed by atoms with Gasteiger partial charge in [-0.1, -0.05) is 36.4 Å². The molecule has 0 bridgehead atoms. The molecule has 3 rings (SSSR count). The van der Waals surface area contributed by atoms with E-state index in [9.17, 15) is 17.6 Å². The summed E-state index contributed by atoms with van der Waals surface area (Å²) in [5.41, 5.74) is 1.04. The molecule has 1 fully saturated rings. The van der Waals surface area contributed by atoms with E-state index in [4.69, 9.17) is 4.74 Å². The van der Waals surface area contributed by atoms with Crippen LogP contribution in [0.2, 0.25) is 0 Å². The van der Waals surface area contributed by atoms with Crippen molar-refractivity contribution in [3.05, 3.63) is 66.0 Å². The van der Waals surface area contributed by atoms with Gasteiger partial charge in [0.05, 0.1) is 18.0 Å². The molecule has 0 radical (unpaired) electrons. The summed E-state index contributed by atoms with van der Waals surface area (Å²) >= 11 is 0. The van der Waals surface area contributed by atoms with Crippen LogP contribution in [0.15, 0.2) is 54.6 Å². The van der Waals surface area contributed by atoms with Crippen molar-refractivity contribution in [1.82, 2.24) is 4.72 Å². The minimum absolute atomic E-state index is 0.0350. The van der Waals surface area contributed by atoms with E-state index in [0.717, 1.165) is 0 Å². The number of rotatable bonds is 6. The molecule has 1 unspecified atom stereocenters. The summed E-state index contributed by atoms with van der Waals surface area (Å²) in [6.45, 7) is 0.114.